The van der Waals surface area contributed by atoms with Crippen LogP contribution in [-0.2, 0) is 25.5 Å². The van der Waals surface area contributed by atoms with Gasteiger partial charge in [0.2, 0.25) is 5.91 Å². The van der Waals surface area contributed by atoms with Crippen molar-refractivity contribution in [2.24, 2.45) is 0 Å². The fraction of sp³-hybridized carbons (Fsp3) is 0.280. The number of amides is 2. The Morgan fingerprint density at radius 3 is 2.71 bits per heavy atom. The minimum absolute atomic E-state index is 0.102. The van der Waals surface area contributed by atoms with E-state index in [1.165, 1.54) is 18.9 Å². The standard InChI is InChI=1S/C25H24N2O7/c1-14-17-9-8-16(32-3)12-21(17)34-25(31)18(14)10-11-23(29)33-15(2)24(30)27-13-22(28)26-19-6-4-5-7-20(19)27/h4-9,12,15H,10-11,13H2,1-3H3,(H,26,28)/t15-/m0/s1. The maximum absolute atomic E-state index is 12.9. The molecule has 2 aromatic carbocycles. The second-order valence-corrected chi connectivity index (χ2v) is 7.98. The number of nitrogens with zero attached hydrogens (tertiary/aromatic N) is 1. The Morgan fingerprint density at radius 2 is 1.94 bits per heavy atom. The Labute approximate surface area is 195 Å². The lowest BCUT2D eigenvalue weighted by atomic mass is 10.0. The first-order valence-electron chi connectivity index (χ1n) is 10.8. The molecule has 34 heavy (non-hydrogen) atoms. The molecule has 0 bridgehead atoms. The second kappa shape index (κ2) is 9.38. The molecule has 4 rings (SSSR count). The molecule has 176 valence electrons. The summed E-state index contributed by atoms with van der Waals surface area (Å²) in [6.45, 7) is 3.08. The summed E-state index contributed by atoms with van der Waals surface area (Å²) in [6.07, 6.45) is -1.11. The molecule has 1 N–H and O–H groups in total. The van der Waals surface area contributed by atoms with E-state index in [9.17, 15) is 19.2 Å². The third-order valence-electron chi connectivity index (χ3n) is 5.77. The number of esters is 1. The van der Waals surface area contributed by atoms with Crippen LogP contribution in [0.2, 0.25) is 0 Å². The summed E-state index contributed by atoms with van der Waals surface area (Å²) in [6, 6.07) is 12.1. The van der Waals surface area contributed by atoms with E-state index in [1.54, 1.807) is 49.4 Å². The van der Waals surface area contributed by atoms with Crippen LogP contribution in [0, 0.1) is 6.92 Å². The molecular weight excluding hydrogens is 440 g/mol. The minimum Gasteiger partial charge on any atom is -0.497 e. The SMILES string of the molecule is COc1ccc2c(C)c(CCC(=O)O[C@@H](C)C(=O)N3CC(=O)Nc4ccccc43)c(=O)oc2c1. The topological polar surface area (TPSA) is 115 Å². The van der Waals surface area contributed by atoms with Crippen LogP contribution in [-0.4, -0.2) is 37.5 Å². The first-order chi connectivity index (χ1) is 16.3. The molecule has 0 aliphatic carbocycles. The number of anilines is 2. The van der Waals surface area contributed by atoms with Crippen molar-refractivity contribution >= 4 is 40.1 Å². The van der Waals surface area contributed by atoms with Crippen LogP contribution in [0.3, 0.4) is 0 Å². The number of hydrogen-bond donors (Lipinski definition) is 1. The van der Waals surface area contributed by atoms with Gasteiger partial charge in [-0.25, -0.2) is 4.79 Å². The predicted octanol–water partition coefficient (Wildman–Crippen LogP) is 2.96. The number of aryl methyl sites for hydroxylation is 1. The van der Waals surface area contributed by atoms with Crippen LogP contribution in [0.1, 0.15) is 24.5 Å². The molecule has 1 aliphatic rings. The Kier molecular flexibility index (Phi) is 6.36. The van der Waals surface area contributed by atoms with Crippen molar-refractivity contribution in [3.05, 3.63) is 64.0 Å². The smallest absolute Gasteiger partial charge is 0.339 e. The molecule has 2 heterocycles. The van der Waals surface area contributed by atoms with Crippen molar-refractivity contribution in [3.8, 4) is 5.75 Å². The van der Waals surface area contributed by atoms with Crippen LogP contribution >= 0.6 is 0 Å². The maximum atomic E-state index is 12.9. The summed E-state index contributed by atoms with van der Waals surface area (Å²) in [5.41, 5.74) is 2.00. The lowest BCUT2D eigenvalue weighted by Gasteiger charge is -2.30. The highest BCUT2D eigenvalue weighted by Gasteiger charge is 2.31. The van der Waals surface area contributed by atoms with Crippen molar-refractivity contribution in [2.45, 2.75) is 32.8 Å². The van der Waals surface area contributed by atoms with Crippen molar-refractivity contribution < 1.29 is 28.3 Å². The molecule has 0 saturated heterocycles. The van der Waals surface area contributed by atoms with Gasteiger partial charge in [0.25, 0.3) is 5.91 Å². The fourth-order valence-electron chi connectivity index (χ4n) is 3.97. The molecule has 0 saturated carbocycles. The van der Waals surface area contributed by atoms with Crippen LogP contribution in [0.15, 0.2) is 51.7 Å². The number of methoxy groups -OCH3 is 1. The molecule has 0 fully saturated rings. The van der Waals surface area contributed by atoms with Gasteiger partial charge in [-0.3, -0.25) is 19.3 Å². The van der Waals surface area contributed by atoms with E-state index in [1.807, 2.05) is 0 Å². The quantitative estimate of drug-likeness (QED) is 0.440. The number of nitrogens with one attached hydrogen (secondary N) is 1. The lowest BCUT2D eigenvalue weighted by Crippen LogP contribution is -2.47. The molecule has 3 aromatic rings. The fourth-order valence-corrected chi connectivity index (χ4v) is 3.97. The zero-order valence-corrected chi connectivity index (χ0v) is 19.0. The van der Waals surface area contributed by atoms with Gasteiger partial charge in [0, 0.05) is 23.4 Å². The van der Waals surface area contributed by atoms with Crippen molar-refractivity contribution in [1.29, 1.82) is 0 Å². The summed E-state index contributed by atoms with van der Waals surface area (Å²) >= 11 is 0. The summed E-state index contributed by atoms with van der Waals surface area (Å²) in [5, 5.41) is 3.45. The van der Waals surface area contributed by atoms with Crippen LogP contribution in [0.4, 0.5) is 11.4 Å². The summed E-state index contributed by atoms with van der Waals surface area (Å²) in [7, 11) is 1.52. The average Bonchev–Trinajstić information content (AvgIpc) is 2.82. The molecule has 0 unspecified atom stereocenters. The molecule has 2 amide bonds. The normalized spacial score (nSPS) is 13.7. The molecule has 0 spiro atoms. The van der Waals surface area contributed by atoms with Crippen LogP contribution < -0.4 is 20.6 Å². The largest absolute Gasteiger partial charge is 0.497 e. The molecule has 1 atom stereocenters. The summed E-state index contributed by atoms with van der Waals surface area (Å²) in [4.78, 5) is 51.2. The van der Waals surface area contributed by atoms with E-state index in [2.05, 4.69) is 5.32 Å². The minimum atomic E-state index is -1.10. The molecule has 1 aliphatic heterocycles. The van der Waals surface area contributed by atoms with E-state index in [0.29, 0.717) is 33.8 Å². The van der Waals surface area contributed by atoms with Gasteiger partial charge in [-0.2, -0.15) is 0 Å². The van der Waals surface area contributed by atoms with Gasteiger partial charge >= 0.3 is 11.6 Å². The Bertz CT molecular complexity index is 1340. The van der Waals surface area contributed by atoms with E-state index in [0.717, 1.165) is 5.39 Å². The maximum Gasteiger partial charge on any atom is 0.339 e. The van der Waals surface area contributed by atoms with E-state index in [-0.39, 0.29) is 25.3 Å². The molecule has 9 nitrogen and oxygen atoms in total. The first kappa shape index (κ1) is 23.0. The van der Waals surface area contributed by atoms with Gasteiger partial charge in [-0.15, -0.1) is 0 Å². The van der Waals surface area contributed by atoms with Crippen LogP contribution in [0.5, 0.6) is 5.75 Å². The number of rotatable bonds is 6. The van der Waals surface area contributed by atoms with E-state index >= 15 is 0 Å². The van der Waals surface area contributed by atoms with Gasteiger partial charge < -0.3 is 19.2 Å². The van der Waals surface area contributed by atoms with Gasteiger partial charge in [0.05, 0.1) is 18.5 Å². The summed E-state index contributed by atoms with van der Waals surface area (Å²) < 4.78 is 15.9. The van der Waals surface area contributed by atoms with Gasteiger partial charge in [0.15, 0.2) is 6.10 Å². The molecule has 0 radical (unpaired) electrons. The van der Waals surface area contributed by atoms with Crippen LogP contribution in [0.25, 0.3) is 11.0 Å². The third kappa shape index (κ3) is 4.50. The number of benzene rings is 2. The molecule has 1 aromatic heterocycles. The highest BCUT2D eigenvalue weighted by atomic mass is 16.5. The Hall–Kier alpha value is -4.14. The number of hydrogen-bond acceptors (Lipinski definition) is 7. The number of carbonyl (C=O) groups is 3. The first-order valence-corrected chi connectivity index (χ1v) is 10.8. The zero-order chi connectivity index (χ0) is 24.4. The van der Waals surface area contributed by atoms with Crippen molar-refractivity contribution in [2.75, 3.05) is 23.9 Å². The average molecular weight is 464 g/mol. The highest BCUT2D eigenvalue weighted by molar-refractivity contribution is 6.11. The Balaban J connectivity index is 1.43. The van der Waals surface area contributed by atoms with Gasteiger partial charge in [-0.1, -0.05) is 12.1 Å². The van der Waals surface area contributed by atoms with Gasteiger partial charge in [-0.05, 0) is 50.1 Å². The molecule has 9 heteroatoms. The highest BCUT2D eigenvalue weighted by Crippen LogP contribution is 2.29. The number of fused-ring (bicyclic) bond motifs is 2. The summed E-state index contributed by atoms with van der Waals surface area (Å²) in [5.74, 6) is -0.907. The van der Waals surface area contributed by atoms with Crippen molar-refractivity contribution in [1.82, 2.24) is 0 Å². The lowest BCUT2D eigenvalue weighted by molar-refractivity contribution is -0.153. The van der Waals surface area contributed by atoms with E-state index in [4.69, 9.17) is 13.9 Å². The number of ether oxygens (including phenoxy) is 2. The van der Waals surface area contributed by atoms with Gasteiger partial charge in [0.1, 0.15) is 17.9 Å². The second-order valence-electron chi connectivity index (χ2n) is 7.98. The monoisotopic (exact) mass is 464 g/mol. The number of carbonyl (C=O) groups excluding carboxylic acids is 3. The number of para-hydroxylation sites is 2. The molecular formula is C25H24N2O7. The Morgan fingerprint density at radius 1 is 1.18 bits per heavy atom. The van der Waals surface area contributed by atoms with Crippen molar-refractivity contribution in [3.63, 3.8) is 0 Å². The third-order valence-corrected chi connectivity index (χ3v) is 5.77. The van der Waals surface area contributed by atoms with E-state index < -0.39 is 23.6 Å². The predicted molar refractivity (Wildman–Crippen MR) is 125 cm³/mol. The zero-order valence-electron chi connectivity index (χ0n) is 19.0.